The minimum absolute atomic E-state index is 0.117. The zero-order valence-corrected chi connectivity index (χ0v) is 12.0. The molecule has 0 saturated carbocycles. The minimum atomic E-state index is 0.117. The molecule has 1 aliphatic rings. The Hall–Kier alpha value is -2.35. The Bertz CT molecular complexity index is 619. The Balaban J connectivity index is 1.77. The van der Waals surface area contributed by atoms with E-state index in [0.717, 1.165) is 12.8 Å². The molecule has 0 spiro atoms. The number of nitrogens with zero attached hydrogens (tertiary/aromatic N) is 1. The first kappa shape index (κ1) is 13.6. The first-order valence-corrected chi connectivity index (χ1v) is 7.38. The van der Waals surface area contributed by atoms with Crippen LogP contribution in [0.2, 0.25) is 0 Å². The van der Waals surface area contributed by atoms with Crippen LogP contribution in [0.4, 0.5) is 0 Å². The van der Waals surface area contributed by atoms with E-state index in [1.54, 1.807) is 6.08 Å². The number of carbonyl (C=O) groups excluding carboxylic acids is 1. The van der Waals surface area contributed by atoms with Crippen LogP contribution in [0.3, 0.4) is 0 Å². The minimum Gasteiger partial charge on any atom is -0.331 e. The molecule has 3 rings (SSSR count). The van der Waals surface area contributed by atoms with Crippen molar-refractivity contribution in [2.24, 2.45) is 0 Å². The average Bonchev–Trinajstić information content (AvgIpc) is 2.53. The molecule has 2 aromatic carbocycles. The van der Waals surface area contributed by atoms with Gasteiger partial charge in [0, 0.05) is 12.6 Å². The van der Waals surface area contributed by atoms with Crippen LogP contribution in [0.1, 0.15) is 17.5 Å². The van der Waals surface area contributed by atoms with Gasteiger partial charge >= 0.3 is 0 Å². The van der Waals surface area contributed by atoms with Crippen molar-refractivity contribution in [3.63, 3.8) is 0 Å². The first-order chi connectivity index (χ1) is 10.3. The molecule has 0 bridgehead atoms. The van der Waals surface area contributed by atoms with E-state index in [0.29, 0.717) is 6.54 Å². The summed E-state index contributed by atoms with van der Waals surface area (Å²) in [5, 5.41) is 0. The van der Waals surface area contributed by atoms with Gasteiger partial charge in [-0.25, -0.2) is 0 Å². The second-order valence-electron chi connectivity index (χ2n) is 5.43. The van der Waals surface area contributed by atoms with Crippen LogP contribution in [0.15, 0.2) is 72.8 Å². The average molecular weight is 277 g/mol. The molecule has 2 heteroatoms. The fourth-order valence-electron chi connectivity index (χ4n) is 2.80. The zero-order valence-electron chi connectivity index (χ0n) is 12.0. The Labute approximate surface area is 125 Å². The van der Waals surface area contributed by atoms with Crippen LogP contribution in [0.25, 0.3) is 0 Å². The van der Waals surface area contributed by atoms with Crippen LogP contribution in [0.5, 0.6) is 0 Å². The lowest BCUT2D eigenvalue weighted by atomic mass is 9.98. The Kier molecular flexibility index (Phi) is 4.15. The maximum Gasteiger partial charge on any atom is 0.246 e. The third-order valence-corrected chi connectivity index (χ3v) is 3.90. The molecule has 1 heterocycles. The summed E-state index contributed by atoms with van der Waals surface area (Å²) in [6.45, 7) is 0.682. The molecule has 1 atom stereocenters. The van der Waals surface area contributed by atoms with Crippen molar-refractivity contribution < 1.29 is 4.79 Å². The van der Waals surface area contributed by atoms with Gasteiger partial charge in [-0.1, -0.05) is 66.7 Å². The standard InChI is InChI=1S/C19H19NO/c21-19-13-7-12-18(14-16-8-3-1-4-9-16)20(19)15-17-10-5-2-6-11-17/h1-11,13,18H,12,14-15H2. The Morgan fingerprint density at radius 3 is 2.19 bits per heavy atom. The van der Waals surface area contributed by atoms with Crippen molar-refractivity contribution >= 4 is 5.91 Å². The number of amides is 1. The van der Waals surface area contributed by atoms with Gasteiger partial charge in [0.2, 0.25) is 5.91 Å². The molecule has 0 radical (unpaired) electrons. The van der Waals surface area contributed by atoms with Gasteiger partial charge in [-0.3, -0.25) is 4.79 Å². The highest BCUT2D eigenvalue weighted by Crippen LogP contribution is 2.20. The highest BCUT2D eigenvalue weighted by Gasteiger charge is 2.24. The molecule has 1 amide bonds. The summed E-state index contributed by atoms with van der Waals surface area (Å²) < 4.78 is 0. The van der Waals surface area contributed by atoms with Crippen molar-refractivity contribution in [3.8, 4) is 0 Å². The number of benzene rings is 2. The molecular formula is C19H19NO. The van der Waals surface area contributed by atoms with Gasteiger partial charge < -0.3 is 4.90 Å². The number of hydrogen-bond acceptors (Lipinski definition) is 1. The summed E-state index contributed by atoms with van der Waals surface area (Å²) in [4.78, 5) is 14.2. The molecule has 0 aliphatic carbocycles. The third kappa shape index (κ3) is 3.40. The van der Waals surface area contributed by atoms with E-state index in [2.05, 4.69) is 36.4 Å². The first-order valence-electron chi connectivity index (χ1n) is 7.38. The van der Waals surface area contributed by atoms with E-state index in [1.165, 1.54) is 11.1 Å². The summed E-state index contributed by atoms with van der Waals surface area (Å²) in [6.07, 6.45) is 5.53. The van der Waals surface area contributed by atoms with Crippen molar-refractivity contribution in [1.82, 2.24) is 4.90 Å². The monoisotopic (exact) mass is 277 g/mol. The van der Waals surface area contributed by atoms with E-state index < -0.39 is 0 Å². The number of hydrogen-bond donors (Lipinski definition) is 0. The zero-order chi connectivity index (χ0) is 14.5. The molecule has 1 aliphatic heterocycles. The molecule has 0 fully saturated rings. The van der Waals surface area contributed by atoms with E-state index in [9.17, 15) is 4.79 Å². The maximum atomic E-state index is 12.2. The fraction of sp³-hybridized carbons (Fsp3) is 0.211. The van der Waals surface area contributed by atoms with E-state index in [4.69, 9.17) is 0 Å². The predicted molar refractivity (Wildman–Crippen MR) is 84.7 cm³/mol. The Morgan fingerprint density at radius 1 is 0.905 bits per heavy atom. The highest BCUT2D eigenvalue weighted by molar-refractivity contribution is 5.88. The lowest BCUT2D eigenvalue weighted by Gasteiger charge is -2.33. The van der Waals surface area contributed by atoms with E-state index in [1.807, 2.05) is 35.2 Å². The van der Waals surface area contributed by atoms with Crippen LogP contribution in [-0.4, -0.2) is 16.8 Å². The SMILES string of the molecule is O=C1C=CCC(Cc2ccccc2)N1Cc1ccccc1. The summed E-state index contributed by atoms with van der Waals surface area (Å²) in [5.41, 5.74) is 2.46. The van der Waals surface area contributed by atoms with Gasteiger partial charge in [-0.2, -0.15) is 0 Å². The largest absolute Gasteiger partial charge is 0.331 e. The highest BCUT2D eigenvalue weighted by atomic mass is 16.2. The summed E-state index contributed by atoms with van der Waals surface area (Å²) in [5.74, 6) is 0.117. The number of carbonyl (C=O) groups is 1. The van der Waals surface area contributed by atoms with Gasteiger partial charge in [0.1, 0.15) is 0 Å². The van der Waals surface area contributed by atoms with Crippen molar-refractivity contribution in [2.45, 2.75) is 25.4 Å². The molecular weight excluding hydrogens is 258 g/mol. The van der Waals surface area contributed by atoms with Crippen LogP contribution >= 0.6 is 0 Å². The third-order valence-electron chi connectivity index (χ3n) is 3.90. The molecule has 0 N–H and O–H groups in total. The lowest BCUT2D eigenvalue weighted by molar-refractivity contribution is -0.129. The van der Waals surface area contributed by atoms with Crippen molar-refractivity contribution in [2.75, 3.05) is 0 Å². The lowest BCUT2D eigenvalue weighted by Crippen LogP contribution is -2.42. The van der Waals surface area contributed by atoms with Crippen LogP contribution < -0.4 is 0 Å². The Morgan fingerprint density at radius 2 is 1.52 bits per heavy atom. The summed E-state index contributed by atoms with van der Waals surface area (Å²) in [7, 11) is 0. The van der Waals surface area contributed by atoms with Gasteiger partial charge in [-0.05, 0) is 30.0 Å². The summed E-state index contributed by atoms with van der Waals surface area (Å²) in [6, 6.07) is 20.8. The molecule has 21 heavy (non-hydrogen) atoms. The summed E-state index contributed by atoms with van der Waals surface area (Å²) >= 11 is 0. The van der Waals surface area contributed by atoms with Crippen LogP contribution in [0, 0.1) is 0 Å². The smallest absolute Gasteiger partial charge is 0.246 e. The maximum absolute atomic E-state index is 12.2. The quantitative estimate of drug-likeness (QED) is 0.836. The van der Waals surface area contributed by atoms with E-state index >= 15 is 0 Å². The molecule has 0 aromatic heterocycles. The molecule has 2 nitrogen and oxygen atoms in total. The van der Waals surface area contributed by atoms with Gasteiger partial charge in [-0.15, -0.1) is 0 Å². The van der Waals surface area contributed by atoms with Crippen LogP contribution in [-0.2, 0) is 17.8 Å². The topological polar surface area (TPSA) is 20.3 Å². The fourth-order valence-corrected chi connectivity index (χ4v) is 2.80. The molecule has 0 saturated heterocycles. The van der Waals surface area contributed by atoms with Gasteiger partial charge in [0.25, 0.3) is 0 Å². The van der Waals surface area contributed by atoms with Crippen molar-refractivity contribution in [3.05, 3.63) is 83.9 Å². The second kappa shape index (κ2) is 6.40. The molecule has 2 aromatic rings. The molecule has 1 unspecified atom stereocenters. The number of rotatable bonds is 4. The molecule has 106 valence electrons. The second-order valence-corrected chi connectivity index (χ2v) is 5.43. The van der Waals surface area contributed by atoms with Gasteiger partial charge in [0.05, 0.1) is 0 Å². The normalized spacial score (nSPS) is 18.0. The van der Waals surface area contributed by atoms with Gasteiger partial charge in [0.15, 0.2) is 0 Å². The van der Waals surface area contributed by atoms with E-state index in [-0.39, 0.29) is 11.9 Å². The predicted octanol–water partition coefficient (Wildman–Crippen LogP) is 3.59. The van der Waals surface area contributed by atoms with Crippen molar-refractivity contribution in [1.29, 1.82) is 0 Å².